The number of hydrogen-bond donors (Lipinski definition) is 0. The van der Waals surface area contributed by atoms with Gasteiger partial charge in [0.25, 0.3) is 0 Å². The van der Waals surface area contributed by atoms with Crippen LogP contribution in [-0.2, 0) is 11.3 Å². The van der Waals surface area contributed by atoms with Crippen LogP contribution in [0.2, 0.25) is 0 Å². The number of benzene rings is 1. The van der Waals surface area contributed by atoms with Gasteiger partial charge in [-0.2, -0.15) is 0 Å². The molecule has 0 unspecified atom stereocenters. The molecule has 1 aliphatic carbocycles. The number of morpholine rings is 1. The molecular weight excluding hydrogens is 338 g/mol. The molecule has 4 rings (SSSR count). The van der Waals surface area contributed by atoms with E-state index >= 15 is 0 Å². The van der Waals surface area contributed by atoms with Gasteiger partial charge < -0.3 is 9.47 Å². The van der Waals surface area contributed by atoms with Crippen LogP contribution in [0.1, 0.15) is 31.2 Å². The highest BCUT2D eigenvalue weighted by molar-refractivity contribution is 5.28. The quantitative estimate of drug-likeness (QED) is 0.732. The van der Waals surface area contributed by atoms with Gasteiger partial charge in [0.2, 0.25) is 0 Å². The van der Waals surface area contributed by atoms with E-state index in [0.717, 1.165) is 57.8 Å². The molecule has 150 valence electrons. The molecule has 5 nitrogen and oxygen atoms in total. The van der Waals surface area contributed by atoms with Crippen LogP contribution in [0.4, 0.5) is 0 Å². The smallest absolute Gasteiger partial charge is 0.119 e. The van der Waals surface area contributed by atoms with Crippen molar-refractivity contribution in [2.75, 3.05) is 65.6 Å². The summed E-state index contributed by atoms with van der Waals surface area (Å²) >= 11 is 0. The number of piperazine rings is 1. The fraction of sp³-hybridized carbons (Fsp3) is 0.727. The first kappa shape index (κ1) is 19.2. The zero-order valence-corrected chi connectivity index (χ0v) is 16.7. The third-order valence-corrected chi connectivity index (χ3v) is 6.33. The molecule has 2 saturated heterocycles. The molecule has 0 amide bonds. The molecule has 0 N–H and O–H groups in total. The minimum atomic E-state index is 0.753. The third-order valence-electron chi connectivity index (χ3n) is 6.33. The molecule has 2 aliphatic heterocycles. The molecule has 0 atom stereocenters. The minimum Gasteiger partial charge on any atom is -0.492 e. The molecule has 1 aromatic rings. The highest BCUT2D eigenvalue weighted by Crippen LogP contribution is 2.24. The average molecular weight is 374 g/mol. The van der Waals surface area contributed by atoms with Crippen molar-refractivity contribution in [3.05, 3.63) is 29.8 Å². The average Bonchev–Trinajstić information content (AvgIpc) is 3.25. The third kappa shape index (κ3) is 5.67. The Bertz CT molecular complexity index is 562. The van der Waals surface area contributed by atoms with Gasteiger partial charge in [0.1, 0.15) is 12.4 Å². The van der Waals surface area contributed by atoms with Crippen LogP contribution in [0.25, 0.3) is 0 Å². The van der Waals surface area contributed by atoms with E-state index in [1.165, 1.54) is 57.4 Å². The van der Waals surface area contributed by atoms with E-state index < -0.39 is 0 Å². The second-order valence-electron chi connectivity index (χ2n) is 8.20. The van der Waals surface area contributed by atoms with E-state index in [1.54, 1.807) is 0 Å². The summed E-state index contributed by atoms with van der Waals surface area (Å²) in [6.45, 7) is 11.4. The SMILES string of the molecule is c1cc(CN2CCN(C3CCCC3)CC2)cc(OCCN2CCOCC2)c1. The lowest BCUT2D eigenvalue weighted by atomic mass is 10.1. The highest BCUT2D eigenvalue weighted by Gasteiger charge is 2.26. The van der Waals surface area contributed by atoms with Gasteiger partial charge in [-0.1, -0.05) is 25.0 Å². The second kappa shape index (κ2) is 9.87. The molecule has 3 fully saturated rings. The van der Waals surface area contributed by atoms with Crippen molar-refractivity contribution in [1.82, 2.24) is 14.7 Å². The number of nitrogens with zero attached hydrogens (tertiary/aromatic N) is 3. The minimum absolute atomic E-state index is 0.753. The first-order valence-corrected chi connectivity index (χ1v) is 10.8. The van der Waals surface area contributed by atoms with Gasteiger partial charge in [-0.3, -0.25) is 14.7 Å². The largest absolute Gasteiger partial charge is 0.492 e. The van der Waals surface area contributed by atoms with E-state index in [0.29, 0.717) is 0 Å². The highest BCUT2D eigenvalue weighted by atomic mass is 16.5. The van der Waals surface area contributed by atoms with Crippen LogP contribution in [0.15, 0.2) is 24.3 Å². The molecule has 0 aromatic heterocycles. The van der Waals surface area contributed by atoms with Crippen LogP contribution in [0.5, 0.6) is 5.75 Å². The zero-order chi connectivity index (χ0) is 18.3. The van der Waals surface area contributed by atoms with E-state index in [1.807, 2.05) is 0 Å². The number of rotatable bonds is 7. The van der Waals surface area contributed by atoms with E-state index in [-0.39, 0.29) is 0 Å². The van der Waals surface area contributed by atoms with E-state index in [4.69, 9.17) is 9.47 Å². The van der Waals surface area contributed by atoms with Crippen LogP contribution in [0, 0.1) is 0 Å². The molecule has 0 bridgehead atoms. The Labute approximate surface area is 164 Å². The van der Waals surface area contributed by atoms with Crippen LogP contribution < -0.4 is 4.74 Å². The normalized spacial score (nSPS) is 23.7. The van der Waals surface area contributed by atoms with E-state index in [2.05, 4.69) is 39.0 Å². The second-order valence-corrected chi connectivity index (χ2v) is 8.20. The monoisotopic (exact) mass is 373 g/mol. The Morgan fingerprint density at radius 3 is 2.48 bits per heavy atom. The van der Waals surface area contributed by atoms with Crippen molar-refractivity contribution < 1.29 is 9.47 Å². The van der Waals surface area contributed by atoms with Gasteiger partial charge in [-0.25, -0.2) is 0 Å². The van der Waals surface area contributed by atoms with Crippen molar-refractivity contribution in [1.29, 1.82) is 0 Å². The summed E-state index contributed by atoms with van der Waals surface area (Å²) in [7, 11) is 0. The molecule has 1 aromatic carbocycles. The summed E-state index contributed by atoms with van der Waals surface area (Å²) in [6.07, 6.45) is 5.71. The van der Waals surface area contributed by atoms with Gasteiger partial charge >= 0.3 is 0 Å². The Morgan fingerprint density at radius 2 is 1.70 bits per heavy atom. The van der Waals surface area contributed by atoms with Gasteiger partial charge in [0, 0.05) is 58.4 Å². The number of ether oxygens (including phenoxy) is 2. The van der Waals surface area contributed by atoms with Gasteiger partial charge in [0.15, 0.2) is 0 Å². The van der Waals surface area contributed by atoms with Crippen LogP contribution >= 0.6 is 0 Å². The molecule has 2 heterocycles. The predicted octanol–water partition coefficient (Wildman–Crippen LogP) is 2.46. The Kier molecular flexibility index (Phi) is 7.02. The van der Waals surface area contributed by atoms with E-state index in [9.17, 15) is 0 Å². The molecular formula is C22H35N3O2. The summed E-state index contributed by atoms with van der Waals surface area (Å²) in [5.41, 5.74) is 1.37. The Balaban J connectivity index is 1.20. The summed E-state index contributed by atoms with van der Waals surface area (Å²) in [5.74, 6) is 1.00. The first-order chi connectivity index (χ1) is 13.4. The molecule has 27 heavy (non-hydrogen) atoms. The Hall–Kier alpha value is -1.14. The summed E-state index contributed by atoms with van der Waals surface area (Å²) < 4.78 is 11.4. The lowest BCUT2D eigenvalue weighted by Gasteiger charge is -2.38. The van der Waals surface area contributed by atoms with Gasteiger partial charge in [-0.05, 0) is 30.5 Å². The zero-order valence-electron chi connectivity index (χ0n) is 16.7. The molecule has 0 spiro atoms. The Morgan fingerprint density at radius 1 is 0.926 bits per heavy atom. The van der Waals surface area contributed by atoms with Gasteiger partial charge in [0.05, 0.1) is 13.2 Å². The maximum absolute atomic E-state index is 6.01. The molecule has 5 heteroatoms. The van der Waals surface area contributed by atoms with Crippen LogP contribution in [0.3, 0.4) is 0 Å². The summed E-state index contributed by atoms with van der Waals surface area (Å²) in [5, 5.41) is 0. The lowest BCUT2D eigenvalue weighted by Crippen LogP contribution is -2.49. The van der Waals surface area contributed by atoms with Crippen molar-refractivity contribution in [3.63, 3.8) is 0 Å². The maximum atomic E-state index is 6.01. The van der Waals surface area contributed by atoms with Crippen molar-refractivity contribution in [2.45, 2.75) is 38.3 Å². The molecule has 1 saturated carbocycles. The number of hydrogen-bond acceptors (Lipinski definition) is 5. The standard InChI is InChI=1S/C22H35N3O2/c1-2-6-21(5-1)25-10-8-24(9-11-25)19-20-4-3-7-22(18-20)27-17-14-23-12-15-26-16-13-23/h3-4,7,18,21H,1-2,5-6,8-17,19H2. The predicted molar refractivity (Wildman–Crippen MR) is 108 cm³/mol. The molecule has 3 aliphatic rings. The fourth-order valence-corrected chi connectivity index (χ4v) is 4.67. The molecule has 0 radical (unpaired) electrons. The fourth-order valence-electron chi connectivity index (χ4n) is 4.67. The van der Waals surface area contributed by atoms with Gasteiger partial charge in [-0.15, -0.1) is 0 Å². The summed E-state index contributed by atoms with van der Waals surface area (Å²) in [6, 6.07) is 9.55. The first-order valence-electron chi connectivity index (χ1n) is 10.8. The van der Waals surface area contributed by atoms with Crippen molar-refractivity contribution in [2.24, 2.45) is 0 Å². The van der Waals surface area contributed by atoms with Crippen molar-refractivity contribution in [3.8, 4) is 5.75 Å². The van der Waals surface area contributed by atoms with Crippen molar-refractivity contribution >= 4 is 0 Å². The summed E-state index contributed by atoms with van der Waals surface area (Å²) in [4.78, 5) is 7.74. The topological polar surface area (TPSA) is 28.2 Å². The maximum Gasteiger partial charge on any atom is 0.119 e. The lowest BCUT2D eigenvalue weighted by molar-refractivity contribution is 0.0322. The van der Waals surface area contributed by atoms with Crippen LogP contribution in [-0.4, -0.2) is 86.4 Å².